The lowest BCUT2D eigenvalue weighted by Gasteiger charge is -2.10. The van der Waals surface area contributed by atoms with Crippen molar-refractivity contribution in [2.24, 2.45) is 0 Å². The Balaban J connectivity index is 2.18. The molecule has 0 amide bonds. The van der Waals surface area contributed by atoms with Gasteiger partial charge in [0.05, 0.1) is 22.7 Å². The van der Waals surface area contributed by atoms with Crippen LogP contribution in [0.3, 0.4) is 0 Å². The van der Waals surface area contributed by atoms with Crippen LogP contribution < -0.4 is 10.1 Å². The Morgan fingerprint density at radius 2 is 2.00 bits per heavy atom. The van der Waals surface area contributed by atoms with Crippen molar-refractivity contribution in [2.75, 3.05) is 12.4 Å². The number of nitro benzene ring substituents is 1. The van der Waals surface area contributed by atoms with Gasteiger partial charge >= 0.3 is 5.69 Å². The van der Waals surface area contributed by atoms with Gasteiger partial charge in [0.2, 0.25) is 0 Å². The first-order valence-corrected chi connectivity index (χ1v) is 6.77. The van der Waals surface area contributed by atoms with Gasteiger partial charge in [-0.05, 0) is 29.8 Å². The molecule has 0 unspecified atom stereocenters. The van der Waals surface area contributed by atoms with Gasteiger partial charge in [0.15, 0.2) is 5.75 Å². The molecule has 2 rings (SSSR count). The van der Waals surface area contributed by atoms with Crippen LogP contribution in [0.15, 0.2) is 36.4 Å². The molecule has 0 saturated carbocycles. The van der Waals surface area contributed by atoms with Gasteiger partial charge in [-0.3, -0.25) is 10.1 Å². The summed E-state index contributed by atoms with van der Waals surface area (Å²) in [5.41, 5.74) is 1.33. The molecule has 21 heavy (non-hydrogen) atoms. The van der Waals surface area contributed by atoms with E-state index >= 15 is 0 Å². The van der Waals surface area contributed by atoms with Crippen molar-refractivity contribution >= 4 is 34.6 Å². The van der Waals surface area contributed by atoms with Crippen molar-refractivity contribution in [3.05, 3.63) is 62.1 Å². The Morgan fingerprint density at radius 3 is 2.67 bits per heavy atom. The standard InChI is InChI=1S/C14H12Cl2N2O3/c1-21-14-5-2-9(6-13(14)18(19)20)8-17-12-7-10(15)3-4-11(12)16/h2-7,17H,8H2,1H3. The summed E-state index contributed by atoms with van der Waals surface area (Å²) in [5, 5.41) is 15.2. The molecule has 0 aliphatic heterocycles. The van der Waals surface area contributed by atoms with E-state index in [1.165, 1.54) is 13.2 Å². The van der Waals surface area contributed by atoms with Gasteiger partial charge in [-0.1, -0.05) is 29.3 Å². The van der Waals surface area contributed by atoms with Crippen LogP contribution in [-0.4, -0.2) is 12.0 Å². The Morgan fingerprint density at radius 1 is 1.24 bits per heavy atom. The first kappa shape index (κ1) is 15.4. The zero-order valence-corrected chi connectivity index (χ0v) is 12.6. The minimum absolute atomic E-state index is 0.0750. The van der Waals surface area contributed by atoms with Gasteiger partial charge in [0, 0.05) is 17.6 Å². The van der Waals surface area contributed by atoms with E-state index in [1.54, 1.807) is 30.3 Å². The van der Waals surface area contributed by atoms with Gasteiger partial charge in [0.1, 0.15) is 0 Å². The Labute approximate surface area is 131 Å². The fourth-order valence-corrected chi connectivity index (χ4v) is 2.17. The molecule has 2 aromatic carbocycles. The zero-order valence-electron chi connectivity index (χ0n) is 11.1. The fourth-order valence-electron chi connectivity index (χ4n) is 1.82. The molecule has 110 valence electrons. The number of ether oxygens (including phenoxy) is 1. The lowest BCUT2D eigenvalue weighted by molar-refractivity contribution is -0.385. The molecular weight excluding hydrogens is 315 g/mol. The number of hydrogen-bond acceptors (Lipinski definition) is 4. The number of rotatable bonds is 5. The molecule has 0 heterocycles. The molecule has 5 nitrogen and oxygen atoms in total. The molecule has 0 aromatic heterocycles. The third-order valence-corrected chi connectivity index (χ3v) is 3.42. The molecule has 7 heteroatoms. The highest BCUT2D eigenvalue weighted by atomic mass is 35.5. The molecular formula is C14H12Cl2N2O3. The Kier molecular flexibility index (Phi) is 4.88. The van der Waals surface area contributed by atoms with Crippen molar-refractivity contribution in [1.29, 1.82) is 0 Å². The van der Waals surface area contributed by atoms with Crippen molar-refractivity contribution in [3.8, 4) is 5.75 Å². The molecule has 0 saturated heterocycles. The van der Waals surface area contributed by atoms with Crippen LogP contribution in [0.1, 0.15) is 5.56 Å². The highest BCUT2D eigenvalue weighted by molar-refractivity contribution is 6.35. The van der Waals surface area contributed by atoms with Gasteiger partial charge in [-0.25, -0.2) is 0 Å². The second-order valence-corrected chi connectivity index (χ2v) is 5.08. The average Bonchev–Trinajstić information content (AvgIpc) is 2.47. The Bertz CT molecular complexity index is 677. The summed E-state index contributed by atoms with van der Waals surface area (Å²) < 4.78 is 4.96. The number of nitrogens with zero attached hydrogens (tertiary/aromatic N) is 1. The van der Waals surface area contributed by atoms with Gasteiger partial charge in [-0.15, -0.1) is 0 Å². The van der Waals surface area contributed by atoms with Crippen LogP contribution >= 0.6 is 23.2 Å². The molecule has 0 spiro atoms. The maximum atomic E-state index is 11.0. The SMILES string of the molecule is COc1ccc(CNc2cc(Cl)ccc2Cl)cc1[N+](=O)[O-]. The number of hydrogen-bond donors (Lipinski definition) is 1. The second-order valence-electron chi connectivity index (χ2n) is 4.24. The molecule has 2 aromatic rings. The van der Waals surface area contributed by atoms with Crippen LogP contribution in [0.2, 0.25) is 10.0 Å². The highest BCUT2D eigenvalue weighted by Gasteiger charge is 2.15. The molecule has 0 aliphatic rings. The van der Waals surface area contributed by atoms with Gasteiger partial charge in [-0.2, -0.15) is 0 Å². The van der Waals surface area contributed by atoms with Crippen LogP contribution in [0.4, 0.5) is 11.4 Å². The summed E-state index contributed by atoms with van der Waals surface area (Å²) in [6.07, 6.45) is 0. The number of anilines is 1. The quantitative estimate of drug-likeness (QED) is 0.648. The molecule has 0 atom stereocenters. The maximum Gasteiger partial charge on any atom is 0.311 e. The smallest absolute Gasteiger partial charge is 0.311 e. The van der Waals surface area contributed by atoms with Crippen LogP contribution in [0.25, 0.3) is 0 Å². The Hall–Kier alpha value is -1.98. The summed E-state index contributed by atoms with van der Waals surface area (Å²) in [6.45, 7) is 0.380. The maximum absolute atomic E-state index is 11.0. The summed E-state index contributed by atoms with van der Waals surface area (Å²) >= 11 is 11.9. The predicted octanol–water partition coefficient (Wildman–Crippen LogP) is 4.52. The minimum Gasteiger partial charge on any atom is -0.490 e. The van der Waals surface area contributed by atoms with E-state index in [0.717, 1.165) is 5.56 Å². The van der Waals surface area contributed by atoms with Gasteiger partial charge < -0.3 is 10.1 Å². The second kappa shape index (κ2) is 6.65. The van der Waals surface area contributed by atoms with E-state index < -0.39 is 4.92 Å². The van der Waals surface area contributed by atoms with E-state index in [-0.39, 0.29) is 11.4 Å². The largest absolute Gasteiger partial charge is 0.490 e. The van der Waals surface area contributed by atoms with E-state index in [4.69, 9.17) is 27.9 Å². The van der Waals surface area contributed by atoms with Crippen molar-refractivity contribution in [3.63, 3.8) is 0 Å². The minimum atomic E-state index is -0.477. The van der Waals surface area contributed by atoms with Crippen molar-refractivity contribution in [2.45, 2.75) is 6.54 Å². The van der Waals surface area contributed by atoms with Gasteiger partial charge in [0.25, 0.3) is 0 Å². The molecule has 0 bridgehead atoms. The number of nitrogens with one attached hydrogen (secondary N) is 1. The lowest BCUT2D eigenvalue weighted by atomic mass is 10.2. The first-order chi connectivity index (χ1) is 10.0. The number of nitro groups is 1. The predicted molar refractivity (Wildman–Crippen MR) is 83.4 cm³/mol. The monoisotopic (exact) mass is 326 g/mol. The average molecular weight is 327 g/mol. The van der Waals surface area contributed by atoms with E-state index in [0.29, 0.717) is 22.3 Å². The lowest BCUT2D eigenvalue weighted by Crippen LogP contribution is -2.02. The topological polar surface area (TPSA) is 64.4 Å². The number of methoxy groups -OCH3 is 1. The van der Waals surface area contributed by atoms with Crippen LogP contribution in [-0.2, 0) is 6.54 Å². The molecule has 0 aliphatic carbocycles. The number of halogens is 2. The third kappa shape index (κ3) is 3.77. The number of benzene rings is 2. The molecule has 0 radical (unpaired) electrons. The third-order valence-electron chi connectivity index (χ3n) is 2.85. The van der Waals surface area contributed by atoms with E-state index in [2.05, 4.69) is 5.32 Å². The normalized spacial score (nSPS) is 10.2. The molecule has 0 fully saturated rings. The fraction of sp³-hybridized carbons (Fsp3) is 0.143. The molecule has 1 N–H and O–H groups in total. The highest BCUT2D eigenvalue weighted by Crippen LogP contribution is 2.29. The zero-order chi connectivity index (χ0) is 15.4. The summed E-state index contributed by atoms with van der Waals surface area (Å²) in [7, 11) is 1.39. The summed E-state index contributed by atoms with van der Waals surface area (Å²) in [4.78, 5) is 10.5. The van der Waals surface area contributed by atoms with E-state index in [1.807, 2.05) is 0 Å². The van der Waals surface area contributed by atoms with Crippen molar-refractivity contribution < 1.29 is 9.66 Å². The van der Waals surface area contributed by atoms with Crippen LogP contribution in [0, 0.1) is 10.1 Å². The van der Waals surface area contributed by atoms with Crippen LogP contribution in [0.5, 0.6) is 5.75 Å². The van der Waals surface area contributed by atoms with Crippen molar-refractivity contribution in [1.82, 2.24) is 0 Å². The first-order valence-electron chi connectivity index (χ1n) is 6.01. The summed E-state index contributed by atoms with van der Waals surface area (Å²) in [6, 6.07) is 9.84. The van der Waals surface area contributed by atoms with E-state index in [9.17, 15) is 10.1 Å². The summed E-state index contributed by atoms with van der Waals surface area (Å²) in [5.74, 6) is 0.226.